The predicted octanol–water partition coefficient (Wildman–Crippen LogP) is 4.42. The van der Waals surface area contributed by atoms with E-state index in [9.17, 15) is 4.79 Å². The first-order valence-corrected chi connectivity index (χ1v) is 6.57. The van der Waals surface area contributed by atoms with Crippen LogP contribution in [0.5, 0.6) is 0 Å². The number of hydrogen-bond donors (Lipinski definition) is 0. The minimum atomic E-state index is 0.412. The molecule has 1 rings (SSSR count). The second-order valence-corrected chi connectivity index (χ2v) is 4.56. The monoisotopic (exact) mass is 208 g/mol. The van der Waals surface area contributed by atoms with Crippen molar-refractivity contribution < 1.29 is 4.79 Å². The van der Waals surface area contributed by atoms with Gasteiger partial charge in [0.25, 0.3) is 0 Å². The smallest absolute Gasteiger partial charge is 0.158 e. The van der Waals surface area contributed by atoms with Gasteiger partial charge in [-0.15, -0.1) is 0 Å². The lowest BCUT2D eigenvalue weighted by molar-refractivity contribution is -0.116. The van der Waals surface area contributed by atoms with Gasteiger partial charge in [0.15, 0.2) is 5.78 Å². The first kappa shape index (κ1) is 12.5. The highest BCUT2D eigenvalue weighted by Gasteiger charge is 2.13. The van der Waals surface area contributed by atoms with E-state index in [1.54, 1.807) is 0 Å². The highest BCUT2D eigenvalue weighted by molar-refractivity contribution is 5.95. The molecule has 0 N–H and O–H groups in total. The van der Waals surface area contributed by atoms with Crippen molar-refractivity contribution in [2.45, 2.75) is 71.1 Å². The van der Waals surface area contributed by atoms with Crippen LogP contribution in [-0.4, -0.2) is 5.78 Å². The average molecular weight is 208 g/mol. The molecule has 1 aliphatic rings. The highest BCUT2D eigenvalue weighted by Crippen LogP contribution is 2.20. The number of allylic oxidation sites excluding steroid dienone is 2. The van der Waals surface area contributed by atoms with Crippen LogP contribution in [0.15, 0.2) is 11.6 Å². The van der Waals surface area contributed by atoms with Crippen LogP contribution in [0.4, 0.5) is 0 Å². The van der Waals surface area contributed by atoms with Gasteiger partial charge in [-0.2, -0.15) is 0 Å². The van der Waals surface area contributed by atoms with Crippen LogP contribution in [0.25, 0.3) is 0 Å². The van der Waals surface area contributed by atoms with Crippen molar-refractivity contribution in [3.05, 3.63) is 11.6 Å². The molecule has 0 aliphatic heterocycles. The third kappa shape index (κ3) is 5.15. The predicted molar refractivity (Wildman–Crippen MR) is 64.9 cm³/mol. The second-order valence-electron chi connectivity index (χ2n) is 4.56. The summed E-state index contributed by atoms with van der Waals surface area (Å²) in [6.07, 6.45) is 14.1. The van der Waals surface area contributed by atoms with Gasteiger partial charge >= 0.3 is 0 Å². The molecule has 1 nitrogen and oxygen atoms in total. The van der Waals surface area contributed by atoms with Gasteiger partial charge in [-0.3, -0.25) is 4.79 Å². The summed E-state index contributed by atoms with van der Waals surface area (Å²) in [6, 6.07) is 0. The summed E-state index contributed by atoms with van der Waals surface area (Å²) >= 11 is 0. The maximum absolute atomic E-state index is 11.5. The fourth-order valence-corrected chi connectivity index (χ4v) is 2.14. The Bertz CT molecular complexity index is 215. The Morgan fingerprint density at radius 1 is 1.07 bits per heavy atom. The van der Waals surface area contributed by atoms with Crippen LogP contribution < -0.4 is 0 Å². The van der Waals surface area contributed by atoms with Gasteiger partial charge in [-0.05, 0) is 37.7 Å². The molecule has 0 amide bonds. The standard InChI is InChI=1S/C14H24O/c1-2-3-4-5-6-7-10-13-11-8-9-12-14(13)15/h10H,2-9,11-12H2,1H3/b13-10-. The maximum atomic E-state index is 11.5. The van der Waals surface area contributed by atoms with E-state index >= 15 is 0 Å². The summed E-state index contributed by atoms with van der Waals surface area (Å²) in [5.74, 6) is 0.412. The Morgan fingerprint density at radius 2 is 1.80 bits per heavy atom. The normalized spacial score (nSPS) is 19.8. The highest BCUT2D eigenvalue weighted by atomic mass is 16.1. The molecular weight excluding hydrogens is 184 g/mol. The molecule has 0 spiro atoms. The van der Waals surface area contributed by atoms with Crippen molar-refractivity contribution in [1.29, 1.82) is 0 Å². The van der Waals surface area contributed by atoms with E-state index in [0.29, 0.717) is 5.78 Å². The minimum absolute atomic E-state index is 0.412. The lowest BCUT2D eigenvalue weighted by atomic mass is 9.92. The maximum Gasteiger partial charge on any atom is 0.158 e. The number of ketones is 1. The van der Waals surface area contributed by atoms with Gasteiger partial charge < -0.3 is 0 Å². The minimum Gasteiger partial charge on any atom is -0.295 e. The zero-order chi connectivity index (χ0) is 10.9. The Hall–Kier alpha value is -0.590. The molecule has 15 heavy (non-hydrogen) atoms. The number of carbonyl (C=O) groups is 1. The molecule has 0 unspecified atom stereocenters. The van der Waals surface area contributed by atoms with Gasteiger partial charge in [0.1, 0.15) is 0 Å². The number of rotatable bonds is 6. The summed E-state index contributed by atoms with van der Waals surface area (Å²) < 4.78 is 0. The summed E-state index contributed by atoms with van der Waals surface area (Å²) in [5.41, 5.74) is 1.12. The van der Waals surface area contributed by atoms with Gasteiger partial charge in [0.05, 0.1) is 0 Å². The van der Waals surface area contributed by atoms with Crippen molar-refractivity contribution in [1.82, 2.24) is 0 Å². The third-order valence-electron chi connectivity index (χ3n) is 3.16. The molecular formula is C14H24O. The fourth-order valence-electron chi connectivity index (χ4n) is 2.14. The summed E-state index contributed by atoms with van der Waals surface area (Å²) in [7, 11) is 0. The lowest BCUT2D eigenvalue weighted by Gasteiger charge is -2.12. The molecule has 0 aromatic rings. The molecule has 1 saturated carbocycles. The largest absolute Gasteiger partial charge is 0.295 e. The van der Waals surface area contributed by atoms with Crippen LogP contribution in [-0.2, 0) is 4.79 Å². The van der Waals surface area contributed by atoms with Crippen molar-refractivity contribution in [2.75, 3.05) is 0 Å². The summed E-state index contributed by atoms with van der Waals surface area (Å²) in [5, 5.41) is 0. The van der Waals surface area contributed by atoms with Crippen LogP contribution in [0.2, 0.25) is 0 Å². The summed E-state index contributed by atoms with van der Waals surface area (Å²) in [4.78, 5) is 11.5. The van der Waals surface area contributed by atoms with Crippen molar-refractivity contribution in [3.8, 4) is 0 Å². The number of Topliss-reactive ketones (excluding diaryl/α,β-unsaturated/α-hetero) is 1. The Balaban J connectivity index is 2.11. The Morgan fingerprint density at radius 3 is 2.53 bits per heavy atom. The molecule has 0 saturated heterocycles. The Labute approximate surface area is 93.9 Å². The fraction of sp³-hybridized carbons (Fsp3) is 0.786. The van der Waals surface area contributed by atoms with Gasteiger partial charge in [0.2, 0.25) is 0 Å². The first-order valence-electron chi connectivity index (χ1n) is 6.57. The molecule has 1 heteroatoms. The number of unbranched alkanes of at least 4 members (excludes halogenated alkanes) is 5. The van der Waals surface area contributed by atoms with Crippen LogP contribution >= 0.6 is 0 Å². The molecule has 1 aliphatic carbocycles. The third-order valence-corrected chi connectivity index (χ3v) is 3.16. The van der Waals surface area contributed by atoms with Crippen LogP contribution in [0.3, 0.4) is 0 Å². The van der Waals surface area contributed by atoms with Crippen molar-refractivity contribution >= 4 is 5.78 Å². The van der Waals surface area contributed by atoms with E-state index in [1.807, 2.05) is 0 Å². The van der Waals surface area contributed by atoms with E-state index in [0.717, 1.165) is 31.3 Å². The number of carbonyl (C=O) groups excluding carboxylic acids is 1. The molecule has 0 aromatic carbocycles. The molecule has 1 fully saturated rings. The molecule has 0 atom stereocenters. The quantitative estimate of drug-likeness (QED) is 0.466. The van der Waals surface area contributed by atoms with E-state index in [1.165, 1.54) is 38.5 Å². The Kier molecular flexibility index (Phi) is 6.38. The van der Waals surface area contributed by atoms with E-state index in [-0.39, 0.29) is 0 Å². The second kappa shape index (κ2) is 7.67. The molecule has 0 bridgehead atoms. The first-order chi connectivity index (χ1) is 7.34. The average Bonchev–Trinajstić information content (AvgIpc) is 2.25. The molecule has 86 valence electrons. The van der Waals surface area contributed by atoms with E-state index in [2.05, 4.69) is 13.0 Å². The topological polar surface area (TPSA) is 17.1 Å². The van der Waals surface area contributed by atoms with Gasteiger partial charge in [-0.1, -0.05) is 38.7 Å². The van der Waals surface area contributed by atoms with Crippen molar-refractivity contribution in [3.63, 3.8) is 0 Å². The summed E-state index contributed by atoms with van der Waals surface area (Å²) in [6.45, 7) is 2.24. The molecule has 0 heterocycles. The lowest BCUT2D eigenvalue weighted by Crippen LogP contribution is -2.08. The van der Waals surface area contributed by atoms with Gasteiger partial charge in [-0.25, -0.2) is 0 Å². The SMILES string of the molecule is CCCCCCC/C=C1/CCCCC1=O. The van der Waals surface area contributed by atoms with E-state index < -0.39 is 0 Å². The van der Waals surface area contributed by atoms with Crippen molar-refractivity contribution in [2.24, 2.45) is 0 Å². The van der Waals surface area contributed by atoms with Gasteiger partial charge in [0, 0.05) is 6.42 Å². The van der Waals surface area contributed by atoms with E-state index in [4.69, 9.17) is 0 Å². The molecule has 0 aromatic heterocycles. The zero-order valence-electron chi connectivity index (χ0n) is 10.1. The van der Waals surface area contributed by atoms with Crippen LogP contribution in [0, 0.1) is 0 Å². The zero-order valence-corrected chi connectivity index (χ0v) is 10.1. The number of hydrogen-bond acceptors (Lipinski definition) is 1. The van der Waals surface area contributed by atoms with Crippen LogP contribution in [0.1, 0.15) is 71.1 Å². The molecule has 0 radical (unpaired) electrons.